The molecule has 4 aromatic rings. The minimum Gasteiger partial charge on any atom is -0.0998 e. The van der Waals surface area contributed by atoms with Crippen molar-refractivity contribution in [2.24, 2.45) is 29.6 Å². The van der Waals surface area contributed by atoms with E-state index in [0.717, 1.165) is 24.2 Å². The van der Waals surface area contributed by atoms with Crippen molar-refractivity contribution in [1.82, 2.24) is 0 Å². The summed E-state index contributed by atoms with van der Waals surface area (Å²) in [7, 11) is 0. The minimum atomic E-state index is 0.667. The third-order valence-electron chi connectivity index (χ3n) is 13.0. The standard InChI is InChI=1S/2C12H16.2C12H14.C12H12/c5*1-9-3-5-12-8-10(2)4-6-11(12)7-9/h3,5,7,10H,4,6,8H2,1-2H3;4,6,8,11-12H,1,3,5,7H2,2H3;3-7,10H,8H2,1-2H3;3-6,12H,1,7-8H2,2H3;3-8H,1-2H3. The van der Waals surface area contributed by atoms with Crippen LogP contribution in [0.1, 0.15) is 111 Å². The first-order chi connectivity index (χ1) is 28.8. The summed E-state index contributed by atoms with van der Waals surface area (Å²) >= 11 is 0. The largest absolute Gasteiger partial charge is 0.0998 e. The molecule has 6 aliphatic carbocycles. The number of hydrogen-bond acceptors (Lipinski definition) is 0. The van der Waals surface area contributed by atoms with E-state index in [1.54, 1.807) is 11.1 Å². The van der Waals surface area contributed by atoms with Gasteiger partial charge in [0.25, 0.3) is 0 Å². The first kappa shape index (κ1) is 44.6. The van der Waals surface area contributed by atoms with Gasteiger partial charge in [-0.15, -0.1) is 0 Å². The predicted octanol–water partition coefficient (Wildman–Crippen LogP) is 16.6. The molecule has 0 bridgehead atoms. The number of benzene rings is 4. The molecule has 0 nitrogen and oxygen atoms in total. The van der Waals surface area contributed by atoms with E-state index >= 15 is 0 Å². The number of hydrogen-bond donors (Lipinski definition) is 0. The summed E-state index contributed by atoms with van der Waals surface area (Å²) in [5, 5.41) is 2.67. The lowest BCUT2D eigenvalue weighted by atomic mass is 9.74. The number of rotatable bonds is 0. The summed E-state index contributed by atoms with van der Waals surface area (Å²) in [4.78, 5) is 0. The summed E-state index contributed by atoms with van der Waals surface area (Å²) in [6.07, 6.45) is 31.7. The Morgan fingerprint density at radius 3 is 1.93 bits per heavy atom. The summed E-state index contributed by atoms with van der Waals surface area (Å²) in [6, 6.07) is 26.7. The van der Waals surface area contributed by atoms with Gasteiger partial charge in [0.2, 0.25) is 0 Å². The van der Waals surface area contributed by atoms with Crippen LogP contribution >= 0.6 is 0 Å². The van der Waals surface area contributed by atoms with E-state index in [0.29, 0.717) is 11.8 Å². The zero-order valence-electron chi connectivity index (χ0n) is 38.3. The lowest BCUT2D eigenvalue weighted by Crippen LogP contribution is -2.19. The maximum absolute atomic E-state index is 4.07. The summed E-state index contributed by atoms with van der Waals surface area (Å²) in [5.74, 6) is 3.83. The fraction of sp³-hybridized carbons (Fsp3) is 0.367. The van der Waals surface area contributed by atoms with Crippen LogP contribution in [-0.4, -0.2) is 0 Å². The molecule has 0 N–H and O–H groups in total. The second kappa shape index (κ2) is 21.0. The number of fused-ring (bicyclic) bond motifs is 5. The molecule has 312 valence electrons. The van der Waals surface area contributed by atoms with E-state index in [2.05, 4.69) is 196 Å². The van der Waals surface area contributed by atoms with Crippen LogP contribution in [0.25, 0.3) is 16.8 Å². The smallest absolute Gasteiger partial charge is 0.00236 e. The fourth-order valence-corrected chi connectivity index (χ4v) is 9.42. The fourth-order valence-electron chi connectivity index (χ4n) is 9.42. The van der Waals surface area contributed by atoms with Crippen LogP contribution in [0, 0.1) is 57.3 Å². The van der Waals surface area contributed by atoms with Crippen LogP contribution in [0.15, 0.2) is 162 Å². The van der Waals surface area contributed by atoms with E-state index in [-0.39, 0.29) is 0 Å². The Kier molecular flexibility index (Phi) is 15.6. The van der Waals surface area contributed by atoms with Gasteiger partial charge in [0.05, 0.1) is 0 Å². The SMILES string of the molecule is C=C1C=CC2CC(C)=CC=C2C1.C=C1CCC2C=C(C)C=CC2C1.Cc1ccc2c(c1)C=CC(C)C2.Cc1ccc2c(c1)CCC(C)C2.Cc1ccc2cc(C)ccc2c1. The van der Waals surface area contributed by atoms with Gasteiger partial charge in [-0.2, -0.15) is 0 Å². The van der Waals surface area contributed by atoms with Crippen LogP contribution in [-0.2, 0) is 19.3 Å². The molecule has 4 aromatic carbocycles. The van der Waals surface area contributed by atoms with Gasteiger partial charge < -0.3 is 0 Å². The topological polar surface area (TPSA) is 0 Å². The van der Waals surface area contributed by atoms with Crippen LogP contribution in [0.4, 0.5) is 0 Å². The molecule has 0 aromatic heterocycles. The highest BCUT2D eigenvalue weighted by Gasteiger charge is 2.25. The van der Waals surface area contributed by atoms with Crippen molar-refractivity contribution in [3.63, 3.8) is 0 Å². The Morgan fingerprint density at radius 1 is 0.533 bits per heavy atom. The molecule has 0 saturated heterocycles. The van der Waals surface area contributed by atoms with Gasteiger partial charge in [0.1, 0.15) is 0 Å². The van der Waals surface area contributed by atoms with Crippen LogP contribution in [0.2, 0.25) is 0 Å². The van der Waals surface area contributed by atoms with Crippen molar-refractivity contribution in [3.05, 3.63) is 207 Å². The predicted molar refractivity (Wildman–Crippen MR) is 265 cm³/mol. The van der Waals surface area contributed by atoms with Gasteiger partial charge in [-0.3, -0.25) is 0 Å². The van der Waals surface area contributed by atoms with Crippen molar-refractivity contribution >= 4 is 16.8 Å². The average Bonchev–Trinajstić information content (AvgIpc) is 3.22. The summed E-state index contributed by atoms with van der Waals surface area (Å²) in [5.41, 5.74) is 18.6. The second-order valence-corrected chi connectivity index (χ2v) is 19.1. The highest BCUT2D eigenvalue weighted by atomic mass is 14.3. The van der Waals surface area contributed by atoms with E-state index in [4.69, 9.17) is 0 Å². The van der Waals surface area contributed by atoms with Gasteiger partial charge in [0.15, 0.2) is 0 Å². The third kappa shape index (κ3) is 13.0. The molecule has 1 saturated carbocycles. The molecule has 0 aliphatic heterocycles. The Bertz CT molecular complexity index is 2300. The average molecular weight is 793 g/mol. The first-order valence-electron chi connectivity index (χ1n) is 22.9. The maximum Gasteiger partial charge on any atom is 0.00236 e. The monoisotopic (exact) mass is 793 g/mol. The second-order valence-electron chi connectivity index (χ2n) is 19.1. The zero-order chi connectivity index (χ0) is 42.8. The number of allylic oxidation sites excluding steroid dienone is 13. The normalized spacial score (nSPS) is 23.1. The van der Waals surface area contributed by atoms with Gasteiger partial charge in [-0.05, 0) is 156 Å². The van der Waals surface area contributed by atoms with Crippen LogP contribution < -0.4 is 0 Å². The highest BCUT2D eigenvalue weighted by molar-refractivity contribution is 5.83. The molecule has 6 aliphatic rings. The maximum atomic E-state index is 4.07. The zero-order valence-corrected chi connectivity index (χ0v) is 38.3. The molecule has 0 heterocycles. The van der Waals surface area contributed by atoms with E-state index < -0.39 is 0 Å². The van der Waals surface area contributed by atoms with Crippen molar-refractivity contribution < 1.29 is 0 Å². The van der Waals surface area contributed by atoms with Gasteiger partial charge >= 0.3 is 0 Å². The molecule has 0 radical (unpaired) electrons. The molecule has 0 heteroatoms. The number of aryl methyl sites for hydroxylation is 5. The quantitative estimate of drug-likeness (QED) is 0.156. The van der Waals surface area contributed by atoms with Gasteiger partial charge in [-0.25, -0.2) is 0 Å². The molecular formula is C60H72. The van der Waals surface area contributed by atoms with Crippen LogP contribution in [0.5, 0.6) is 0 Å². The van der Waals surface area contributed by atoms with E-state index in [1.807, 2.05) is 0 Å². The molecule has 0 amide bonds. The van der Waals surface area contributed by atoms with E-state index in [1.165, 1.54) is 123 Å². The molecule has 5 atom stereocenters. The molecule has 10 rings (SSSR count). The Hall–Kier alpha value is -4.94. The Balaban J connectivity index is 0.000000126. The third-order valence-corrected chi connectivity index (χ3v) is 13.0. The van der Waals surface area contributed by atoms with Crippen molar-refractivity contribution in [3.8, 4) is 0 Å². The molecule has 0 spiro atoms. The van der Waals surface area contributed by atoms with Gasteiger partial charge in [0, 0.05) is 5.92 Å². The molecule has 5 unspecified atom stereocenters. The first-order valence-corrected chi connectivity index (χ1v) is 22.9. The minimum absolute atomic E-state index is 0.667. The summed E-state index contributed by atoms with van der Waals surface area (Å²) < 4.78 is 0. The van der Waals surface area contributed by atoms with E-state index in [9.17, 15) is 0 Å². The molecular weight excluding hydrogens is 721 g/mol. The van der Waals surface area contributed by atoms with Crippen LogP contribution in [0.3, 0.4) is 0 Å². The van der Waals surface area contributed by atoms with Crippen molar-refractivity contribution in [2.75, 3.05) is 0 Å². The Morgan fingerprint density at radius 2 is 1.20 bits per heavy atom. The van der Waals surface area contributed by atoms with Crippen molar-refractivity contribution in [2.45, 2.75) is 113 Å². The lowest BCUT2D eigenvalue weighted by molar-refractivity contribution is 0.389. The van der Waals surface area contributed by atoms with Crippen molar-refractivity contribution in [1.29, 1.82) is 0 Å². The molecule has 1 fully saturated rings. The lowest BCUT2D eigenvalue weighted by Gasteiger charge is -2.31. The Labute approximate surface area is 365 Å². The molecule has 60 heavy (non-hydrogen) atoms. The van der Waals surface area contributed by atoms with Gasteiger partial charge in [-0.1, -0.05) is 205 Å². The summed E-state index contributed by atoms with van der Waals surface area (Å²) in [6.45, 7) is 25.6. The highest BCUT2D eigenvalue weighted by Crippen LogP contribution is 2.38.